The number of nitrogens with zero attached hydrogens (tertiary/aromatic N) is 7. The molecule has 3 aromatic heterocycles. The van der Waals surface area contributed by atoms with E-state index in [1.165, 1.54) is 32.1 Å². The minimum atomic E-state index is -3.52. The van der Waals surface area contributed by atoms with Gasteiger partial charge in [-0.15, -0.1) is 0 Å². The third-order valence-electron chi connectivity index (χ3n) is 5.10. The van der Waals surface area contributed by atoms with E-state index >= 15 is 0 Å². The summed E-state index contributed by atoms with van der Waals surface area (Å²) in [6.45, 7) is 3.03. The van der Waals surface area contributed by atoms with Crippen molar-refractivity contribution in [1.29, 1.82) is 0 Å². The van der Waals surface area contributed by atoms with Crippen LogP contribution in [0.5, 0.6) is 0 Å². The summed E-state index contributed by atoms with van der Waals surface area (Å²) in [5.74, 6) is 0. The predicted molar refractivity (Wildman–Crippen MR) is 110 cm³/mol. The molecule has 30 heavy (non-hydrogen) atoms. The number of piperazine rings is 1. The average Bonchev–Trinajstić information content (AvgIpc) is 3.21. The topological polar surface area (TPSA) is 106 Å². The number of pyridine rings is 1. The van der Waals surface area contributed by atoms with E-state index in [4.69, 9.17) is 0 Å². The molecule has 4 rings (SSSR count). The van der Waals surface area contributed by atoms with Crippen molar-refractivity contribution in [2.24, 2.45) is 7.05 Å². The second-order valence-electron chi connectivity index (χ2n) is 7.12. The molecule has 0 radical (unpaired) electrons. The highest BCUT2D eigenvalue weighted by atomic mass is 32.2. The van der Waals surface area contributed by atoms with Crippen LogP contribution in [0.4, 0.5) is 0 Å². The third-order valence-corrected chi connectivity index (χ3v) is 6.95. The molecule has 158 valence electrons. The molecule has 0 atom stereocenters. The van der Waals surface area contributed by atoms with Gasteiger partial charge in [0.2, 0.25) is 10.0 Å². The van der Waals surface area contributed by atoms with Crippen LogP contribution in [-0.4, -0.2) is 74.9 Å². The standard InChI is InChI=1S/C19H23N7O3S/c1-23-15-17(14-21-23)30(28,29)25-10-7-24(8-11-25)9-12-26-19(27)5-4-18(22-26)16-3-2-6-20-13-16/h2-6,13-15H,7-12H2,1H3. The Bertz CT molecular complexity index is 1170. The molecular weight excluding hydrogens is 406 g/mol. The van der Waals surface area contributed by atoms with Gasteiger partial charge in [-0.2, -0.15) is 14.5 Å². The quantitative estimate of drug-likeness (QED) is 0.545. The molecule has 3 aromatic rings. The SMILES string of the molecule is Cn1cc(S(=O)(=O)N2CCN(CCn3nc(-c4cccnc4)ccc3=O)CC2)cn1. The van der Waals surface area contributed by atoms with Crippen molar-refractivity contribution in [2.75, 3.05) is 32.7 Å². The maximum absolute atomic E-state index is 12.7. The maximum Gasteiger partial charge on any atom is 0.266 e. The van der Waals surface area contributed by atoms with Crippen LogP contribution in [0, 0.1) is 0 Å². The van der Waals surface area contributed by atoms with Gasteiger partial charge in [0.1, 0.15) is 4.90 Å². The van der Waals surface area contributed by atoms with E-state index in [1.807, 2.05) is 12.1 Å². The monoisotopic (exact) mass is 429 g/mol. The lowest BCUT2D eigenvalue weighted by molar-refractivity contribution is 0.180. The van der Waals surface area contributed by atoms with E-state index in [0.717, 1.165) is 5.56 Å². The third kappa shape index (κ3) is 4.32. The van der Waals surface area contributed by atoms with Gasteiger partial charge >= 0.3 is 0 Å². The fraction of sp³-hybridized carbons (Fsp3) is 0.368. The van der Waals surface area contributed by atoms with Gasteiger partial charge in [0, 0.05) is 70.0 Å². The van der Waals surface area contributed by atoms with Crippen LogP contribution in [0.15, 0.2) is 58.7 Å². The molecule has 10 nitrogen and oxygen atoms in total. The van der Waals surface area contributed by atoms with Crippen LogP contribution in [-0.2, 0) is 23.6 Å². The van der Waals surface area contributed by atoms with Crippen molar-refractivity contribution in [2.45, 2.75) is 11.4 Å². The Labute approximate surface area is 174 Å². The van der Waals surface area contributed by atoms with Crippen molar-refractivity contribution >= 4 is 10.0 Å². The van der Waals surface area contributed by atoms with Crippen molar-refractivity contribution in [1.82, 2.24) is 33.8 Å². The Kier molecular flexibility index (Phi) is 5.75. The number of aromatic nitrogens is 5. The summed E-state index contributed by atoms with van der Waals surface area (Å²) in [4.78, 5) is 18.6. The predicted octanol–water partition coefficient (Wildman–Crippen LogP) is 0.0453. The highest BCUT2D eigenvalue weighted by Crippen LogP contribution is 2.17. The number of sulfonamides is 1. The molecule has 0 bridgehead atoms. The molecule has 11 heteroatoms. The van der Waals surface area contributed by atoms with Gasteiger partial charge < -0.3 is 0 Å². The molecule has 1 fully saturated rings. The van der Waals surface area contributed by atoms with Crippen LogP contribution in [0.1, 0.15) is 0 Å². The Balaban J connectivity index is 1.37. The Morgan fingerprint density at radius 3 is 2.50 bits per heavy atom. The molecule has 0 spiro atoms. The molecule has 1 saturated heterocycles. The van der Waals surface area contributed by atoms with Gasteiger partial charge in [-0.3, -0.25) is 19.4 Å². The molecule has 1 aliphatic rings. The number of aryl methyl sites for hydroxylation is 1. The summed E-state index contributed by atoms with van der Waals surface area (Å²) in [5, 5.41) is 8.40. The van der Waals surface area contributed by atoms with Gasteiger partial charge in [-0.1, -0.05) is 0 Å². The van der Waals surface area contributed by atoms with Crippen LogP contribution >= 0.6 is 0 Å². The van der Waals surface area contributed by atoms with E-state index in [9.17, 15) is 13.2 Å². The molecule has 0 saturated carbocycles. The maximum atomic E-state index is 12.7. The number of hydrogen-bond donors (Lipinski definition) is 0. The van der Waals surface area contributed by atoms with Gasteiger partial charge in [-0.25, -0.2) is 13.1 Å². The Hall–Kier alpha value is -2.89. The van der Waals surface area contributed by atoms with Gasteiger partial charge in [-0.05, 0) is 18.2 Å². The van der Waals surface area contributed by atoms with Crippen molar-refractivity contribution in [3.05, 3.63) is 59.4 Å². The normalized spacial score (nSPS) is 16.0. The summed E-state index contributed by atoms with van der Waals surface area (Å²) >= 11 is 0. The highest BCUT2D eigenvalue weighted by molar-refractivity contribution is 7.89. The van der Waals surface area contributed by atoms with Gasteiger partial charge in [0.25, 0.3) is 5.56 Å². The zero-order valence-corrected chi connectivity index (χ0v) is 17.4. The average molecular weight is 430 g/mol. The van der Waals surface area contributed by atoms with E-state index in [2.05, 4.69) is 20.1 Å². The largest absolute Gasteiger partial charge is 0.299 e. The molecular formula is C19H23N7O3S. The summed E-state index contributed by atoms with van der Waals surface area (Å²) < 4.78 is 29.8. The van der Waals surface area contributed by atoms with Crippen molar-refractivity contribution in [3.8, 4) is 11.3 Å². The zero-order valence-electron chi connectivity index (χ0n) is 16.6. The summed E-state index contributed by atoms with van der Waals surface area (Å²) in [6.07, 6.45) is 6.27. The lowest BCUT2D eigenvalue weighted by Gasteiger charge is -2.33. The van der Waals surface area contributed by atoms with Crippen LogP contribution in [0.25, 0.3) is 11.3 Å². The van der Waals surface area contributed by atoms with E-state index < -0.39 is 10.0 Å². The smallest absolute Gasteiger partial charge is 0.266 e. The number of rotatable bonds is 6. The second-order valence-corrected chi connectivity index (χ2v) is 9.06. The minimum Gasteiger partial charge on any atom is -0.299 e. The van der Waals surface area contributed by atoms with Crippen LogP contribution < -0.4 is 5.56 Å². The van der Waals surface area contributed by atoms with E-state index in [-0.39, 0.29) is 10.5 Å². The minimum absolute atomic E-state index is 0.166. The van der Waals surface area contributed by atoms with E-state index in [1.54, 1.807) is 25.5 Å². The molecule has 0 aliphatic carbocycles. The molecule has 0 amide bonds. The Morgan fingerprint density at radius 2 is 1.83 bits per heavy atom. The summed E-state index contributed by atoms with van der Waals surface area (Å²) in [5.41, 5.74) is 1.37. The first kappa shape index (κ1) is 20.4. The first-order chi connectivity index (χ1) is 14.4. The van der Waals surface area contributed by atoms with Gasteiger partial charge in [0.05, 0.1) is 18.4 Å². The van der Waals surface area contributed by atoms with Crippen molar-refractivity contribution in [3.63, 3.8) is 0 Å². The molecule has 4 heterocycles. The molecule has 0 N–H and O–H groups in total. The second kappa shape index (κ2) is 8.46. The first-order valence-electron chi connectivity index (χ1n) is 9.63. The lowest BCUT2D eigenvalue weighted by Crippen LogP contribution is -2.49. The molecule has 0 aromatic carbocycles. The van der Waals surface area contributed by atoms with Gasteiger partial charge in [0.15, 0.2) is 0 Å². The zero-order chi connectivity index (χ0) is 21.1. The van der Waals surface area contributed by atoms with Crippen LogP contribution in [0.3, 0.4) is 0 Å². The van der Waals surface area contributed by atoms with Crippen LogP contribution in [0.2, 0.25) is 0 Å². The first-order valence-corrected chi connectivity index (χ1v) is 11.1. The molecule has 1 aliphatic heterocycles. The molecule has 0 unspecified atom stereocenters. The van der Waals surface area contributed by atoms with Crippen molar-refractivity contribution < 1.29 is 8.42 Å². The summed E-state index contributed by atoms with van der Waals surface area (Å²) in [6, 6.07) is 6.92. The summed E-state index contributed by atoms with van der Waals surface area (Å²) in [7, 11) is -1.83. The Morgan fingerprint density at radius 1 is 1.03 bits per heavy atom. The fourth-order valence-electron chi connectivity index (χ4n) is 3.39. The lowest BCUT2D eigenvalue weighted by atomic mass is 10.2. The highest BCUT2D eigenvalue weighted by Gasteiger charge is 2.29. The van der Waals surface area contributed by atoms with E-state index in [0.29, 0.717) is 45.0 Å². The fourth-order valence-corrected chi connectivity index (χ4v) is 4.80. The number of hydrogen-bond acceptors (Lipinski definition) is 7.